The van der Waals surface area contributed by atoms with Gasteiger partial charge in [0.2, 0.25) is 0 Å². The van der Waals surface area contributed by atoms with Gasteiger partial charge in [0.25, 0.3) is 0 Å². The molecule has 3 aromatic carbocycles. The summed E-state index contributed by atoms with van der Waals surface area (Å²) in [5.74, 6) is -1.41. The molecule has 0 aromatic heterocycles. The van der Waals surface area contributed by atoms with E-state index in [9.17, 15) is 14.0 Å². The zero-order chi connectivity index (χ0) is 24.5. The number of carbonyl (C=O) groups excluding carboxylic acids is 2. The Kier molecular flexibility index (Phi) is 8.84. The van der Waals surface area contributed by atoms with Crippen molar-refractivity contribution in [1.29, 1.82) is 0 Å². The van der Waals surface area contributed by atoms with E-state index in [1.165, 1.54) is 30.5 Å². The lowest BCUT2D eigenvalue weighted by Gasteiger charge is -2.13. The van der Waals surface area contributed by atoms with Gasteiger partial charge in [0.1, 0.15) is 12.4 Å². The molecule has 0 radical (unpaired) electrons. The normalized spacial score (nSPS) is 10.7. The van der Waals surface area contributed by atoms with E-state index in [1.807, 2.05) is 6.92 Å². The number of ether oxygens (including phenoxy) is 2. The molecular weight excluding hydrogens is 484 g/mol. The molecule has 10 heteroatoms. The highest BCUT2D eigenvalue weighted by atomic mass is 35.5. The van der Waals surface area contributed by atoms with E-state index in [-0.39, 0.29) is 12.3 Å². The van der Waals surface area contributed by atoms with Crippen LogP contribution in [0.3, 0.4) is 0 Å². The van der Waals surface area contributed by atoms with Crippen LogP contribution in [0.4, 0.5) is 10.1 Å². The van der Waals surface area contributed by atoms with Crippen LogP contribution in [0.2, 0.25) is 10.0 Å². The topological polar surface area (TPSA) is 89.0 Å². The minimum Gasteiger partial charge on any atom is -0.490 e. The molecule has 3 rings (SSSR count). The van der Waals surface area contributed by atoms with Crippen molar-refractivity contribution in [3.05, 3.63) is 87.7 Å². The van der Waals surface area contributed by atoms with Crippen LogP contribution in [0.1, 0.15) is 18.1 Å². The van der Waals surface area contributed by atoms with Crippen LogP contribution in [0.5, 0.6) is 11.5 Å². The van der Waals surface area contributed by atoms with E-state index in [2.05, 4.69) is 15.8 Å². The highest BCUT2D eigenvalue weighted by Gasteiger charge is 2.13. The van der Waals surface area contributed by atoms with Crippen molar-refractivity contribution in [3.63, 3.8) is 0 Å². The standard InChI is InChI=1S/C24H20Cl2FN3O4/c1-2-33-22-11-15(3-10-21(22)34-14-16-4-5-17(25)12-20(16)26)13-28-30-24(32)23(31)29-19-8-6-18(27)7-9-19/h3-13H,2,14H2,1H3,(H,29,31)(H,30,32)/b28-13+. The summed E-state index contributed by atoms with van der Waals surface area (Å²) in [5, 5.41) is 7.16. The Labute approximate surface area is 205 Å². The first-order chi connectivity index (χ1) is 16.4. The SMILES string of the molecule is CCOc1cc(/C=N/NC(=O)C(=O)Nc2ccc(F)cc2)ccc1OCc1ccc(Cl)cc1Cl. The number of nitrogens with zero attached hydrogens (tertiary/aromatic N) is 1. The number of hydrazone groups is 1. The Bertz CT molecular complexity index is 1200. The third-order valence-corrected chi connectivity index (χ3v) is 4.94. The number of anilines is 1. The Morgan fingerprint density at radius 2 is 1.74 bits per heavy atom. The average molecular weight is 504 g/mol. The molecule has 0 spiro atoms. The first-order valence-corrected chi connectivity index (χ1v) is 10.8. The molecule has 0 bridgehead atoms. The van der Waals surface area contributed by atoms with Gasteiger partial charge in [-0.3, -0.25) is 9.59 Å². The quantitative estimate of drug-likeness (QED) is 0.251. The largest absolute Gasteiger partial charge is 0.490 e. The van der Waals surface area contributed by atoms with Crippen molar-refractivity contribution in [1.82, 2.24) is 5.43 Å². The van der Waals surface area contributed by atoms with Crippen LogP contribution < -0.4 is 20.2 Å². The third kappa shape index (κ3) is 7.19. The van der Waals surface area contributed by atoms with Crippen molar-refractivity contribution in [2.45, 2.75) is 13.5 Å². The molecule has 3 aromatic rings. The zero-order valence-corrected chi connectivity index (χ0v) is 19.5. The van der Waals surface area contributed by atoms with E-state index >= 15 is 0 Å². The van der Waals surface area contributed by atoms with Gasteiger partial charge in [-0.05, 0) is 67.1 Å². The van der Waals surface area contributed by atoms with Crippen LogP contribution in [0, 0.1) is 5.82 Å². The summed E-state index contributed by atoms with van der Waals surface area (Å²) in [4.78, 5) is 23.8. The maximum absolute atomic E-state index is 12.9. The number of carbonyl (C=O) groups is 2. The second kappa shape index (κ2) is 12.0. The molecule has 176 valence electrons. The van der Waals surface area contributed by atoms with Gasteiger partial charge in [-0.1, -0.05) is 29.3 Å². The summed E-state index contributed by atoms with van der Waals surface area (Å²) >= 11 is 12.1. The van der Waals surface area contributed by atoms with Gasteiger partial charge in [0, 0.05) is 21.3 Å². The van der Waals surface area contributed by atoms with Crippen molar-refractivity contribution >= 4 is 46.9 Å². The Balaban J connectivity index is 1.60. The molecule has 2 amide bonds. The molecule has 0 atom stereocenters. The maximum atomic E-state index is 12.9. The Morgan fingerprint density at radius 1 is 0.971 bits per heavy atom. The Hall–Kier alpha value is -3.62. The number of amides is 2. The van der Waals surface area contributed by atoms with Crippen LogP contribution in [0.25, 0.3) is 0 Å². The van der Waals surface area contributed by atoms with E-state index in [4.69, 9.17) is 32.7 Å². The number of nitrogens with one attached hydrogen (secondary N) is 2. The molecule has 0 fully saturated rings. The molecule has 0 unspecified atom stereocenters. The summed E-state index contributed by atoms with van der Waals surface area (Å²) in [6.45, 7) is 2.45. The molecule has 0 heterocycles. The number of hydrogen-bond acceptors (Lipinski definition) is 5. The fourth-order valence-corrected chi connectivity index (χ4v) is 3.19. The van der Waals surface area contributed by atoms with Gasteiger partial charge in [-0.15, -0.1) is 0 Å². The highest BCUT2D eigenvalue weighted by molar-refractivity contribution is 6.39. The summed E-state index contributed by atoms with van der Waals surface area (Å²) in [7, 11) is 0. The molecule has 2 N–H and O–H groups in total. The van der Waals surface area contributed by atoms with Crippen LogP contribution >= 0.6 is 23.2 Å². The fourth-order valence-electron chi connectivity index (χ4n) is 2.72. The second-order valence-corrected chi connectivity index (χ2v) is 7.67. The van der Waals surface area contributed by atoms with Gasteiger partial charge in [0.05, 0.1) is 12.8 Å². The Morgan fingerprint density at radius 3 is 2.44 bits per heavy atom. The average Bonchev–Trinajstić information content (AvgIpc) is 2.81. The van der Waals surface area contributed by atoms with Gasteiger partial charge in [-0.2, -0.15) is 5.10 Å². The fraction of sp³-hybridized carbons (Fsp3) is 0.125. The number of halogens is 3. The minimum atomic E-state index is -0.981. The highest BCUT2D eigenvalue weighted by Crippen LogP contribution is 2.30. The zero-order valence-electron chi connectivity index (χ0n) is 18.0. The van der Waals surface area contributed by atoms with Crippen molar-refractivity contribution in [2.75, 3.05) is 11.9 Å². The minimum absolute atomic E-state index is 0.211. The van der Waals surface area contributed by atoms with Gasteiger partial charge < -0.3 is 14.8 Å². The lowest BCUT2D eigenvalue weighted by atomic mass is 10.2. The summed E-state index contributed by atoms with van der Waals surface area (Å²) in [6, 6.07) is 15.2. The second-order valence-electron chi connectivity index (χ2n) is 6.82. The molecule has 0 aliphatic rings. The van der Waals surface area contributed by atoms with E-state index in [0.29, 0.717) is 33.7 Å². The van der Waals surface area contributed by atoms with Crippen molar-refractivity contribution < 1.29 is 23.5 Å². The van der Waals surface area contributed by atoms with Crippen LogP contribution in [-0.4, -0.2) is 24.6 Å². The molecule has 0 saturated carbocycles. The molecule has 0 aliphatic heterocycles. The molecular formula is C24H20Cl2FN3O4. The van der Waals surface area contributed by atoms with Crippen molar-refractivity contribution in [3.8, 4) is 11.5 Å². The molecule has 0 saturated heterocycles. The number of benzene rings is 3. The maximum Gasteiger partial charge on any atom is 0.329 e. The number of hydrogen-bond donors (Lipinski definition) is 2. The van der Waals surface area contributed by atoms with Crippen LogP contribution in [-0.2, 0) is 16.2 Å². The van der Waals surface area contributed by atoms with Gasteiger partial charge >= 0.3 is 11.8 Å². The smallest absolute Gasteiger partial charge is 0.329 e. The third-order valence-electron chi connectivity index (χ3n) is 4.35. The van der Waals surface area contributed by atoms with E-state index in [1.54, 1.807) is 36.4 Å². The van der Waals surface area contributed by atoms with E-state index in [0.717, 1.165) is 5.56 Å². The molecule has 7 nitrogen and oxygen atoms in total. The van der Waals surface area contributed by atoms with Crippen LogP contribution in [0.15, 0.2) is 65.8 Å². The van der Waals surface area contributed by atoms with Crippen molar-refractivity contribution in [2.24, 2.45) is 5.10 Å². The van der Waals surface area contributed by atoms with Gasteiger partial charge in [-0.25, -0.2) is 9.82 Å². The predicted molar refractivity (Wildman–Crippen MR) is 129 cm³/mol. The monoisotopic (exact) mass is 503 g/mol. The first kappa shape index (κ1) is 25.0. The summed E-state index contributed by atoms with van der Waals surface area (Å²) in [5.41, 5.74) is 3.77. The summed E-state index contributed by atoms with van der Waals surface area (Å²) in [6.07, 6.45) is 1.35. The lowest BCUT2D eigenvalue weighted by Crippen LogP contribution is -2.32. The van der Waals surface area contributed by atoms with E-state index < -0.39 is 17.6 Å². The number of rotatable bonds is 8. The van der Waals surface area contributed by atoms with Gasteiger partial charge in [0.15, 0.2) is 11.5 Å². The lowest BCUT2D eigenvalue weighted by molar-refractivity contribution is -0.136. The molecule has 0 aliphatic carbocycles. The predicted octanol–water partition coefficient (Wildman–Crippen LogP) is 5.20. The summed E-state index contributed by atoms with van der Waals surface area (Å²) < 4.78 is 24.4. The first-order valence-electron chi connectivity index (χ1n) is 10.1. The molecule has 34 heavy (non-hydrogen) atoms.